The molecule has 0 heterocycles. The van der Waals surface area contributed by atoms with Crippen LogP contribution in [0.3, 0.4) is 0 Å². The molecule has 2 nitrogen and oxygen atoms in total. The number of carbonyl (C=O) groups excluding carboxylic acids is 1. The average Bonchev–Trinajstić information content (AvgIpc) is 2.43. The van der Waals surface area contributed by atoms with E-state index in [4.69, 9.17) is 4.74 Å². The van der Waals surface area contributed by atoms with Gasteiger partial charge in [-0.25, -0.2) is 0 Å². The van der Waals surface area contributed by atoms with E-state index in [2.05, 4.69) is 12.1 Å². The van der Waals surface area contributed by atoms with Gasteiger partial charge < -0.3 is 4.74 Å². The minimum Gasteiger partial charge on any atom is -0.497 e. The Balaban J connectivity index is 1.84. The number of ketones is 1. The van der Waals surface area contributed by atoms with Crippen LogP contribution in [0.15, 0.2) is 36.4 Å². The summed E-state index contributed by atoms with van der Waals surface area (Å²) in [5, 5.41) is 2.30. The minimum atomic E-state index is 0.366. The molecule has 0 N–H and O–H groups in total. The normalized spacial score (nSPS) is 15.1. The molecule has 0 atom stereocenters. The number of methoxy groups -OCH3 is 1. The van der Waals surface area contributed by atoms with E-state index in [0.29, 0.717) is 18.1 Å². The first kappa shape index (κ1) is 13.2. The molecule has 0 unspecified atom stereocenters. The maximum Gasteiger partial charge on any atom is 0.137 e. The Labute approximate surface area is 119 Å². The number of rotatable bonds is 5. The Morgan fingerprint density at radius 2 is 2.10 bits per heavy atom. The van der Waals surface area contributed by atoms with Crippen molar-refractivity contribution in [1.82, 2.24) is 0 Å². The van der Waals surface area contributed by atoms with E-state index in [9.17, 15) is 4.79 Å². The zero-order valence-electron chi connectivity index (χ0n) is 11.9. The van der Waals surface area contributed by atoms with Crippen LogP contribution in [0.2, 0.25) is 0 Å². The Bertz CT molecular complexity index is 626. The Morgan fingerprint density at radius 3 is 2.80 bits per heavy atom. The van der Waals surface area contributed by atoms with Gasteiger partial charge in [-0.3, -0.25) is 4.79 Å². The average molecular weight is 268 g/mol. The van der Waals surface area contributed by atoms with Gasteiger partial charge in [0.2, 0.25) is 0 Å². The summed E-state index contributed by atoms with van der Waals surface area (Å²) in [6.45, 7) is 0. The third-order valence-corrected chi connectivity index (χ3v) is 4.31. The molecular formula is C18H20O2. The molecule has 20 heavy (non-hydrogen) atoms. The van der Waals surface area contributed by atoms with Crippen LogP contribution in [0.1, 0.15) is 31.2 Å². The van der Waals surface area contributed by atoms with Gasteiger partial charge in [-0.2, -0.15) is 0 Å². The van der Waals surface area contributed by atoms with E-state index in [1.54, 1.807) is 7.11 Å². The summed E-state index contributed by atoms with van der Waals surface area (Å²) in [5.74, 6) is 1.86. The third kappa shape index (κ3) is 2.69. The smallest absolute Gasteiger partial charge is 0.137 e. The predicted molar refractivity (Wildman–Crippen MR) is 81.2 cm³/mol. The van der Waals surface area contributed by atoms with Crippen LogP contribution in [0, 0.1) is 5.92 Å². The van der Waals surface area contributed by atoms with Crippen LogP contribution < -0.4 is 4.74 Å². The molecule has 0 aliphatic heterocycles. The van der Waals surface area contributed by atoms with Gasteiger partial charge in [0.15, 0.2) is 0 Å². The number of hydrogen-bond acceptors (Lipinski definition) is 2. The Hall–Kier alpha value is -1.83. The molecule has 3 rings (SSSR count). The van der Waals surface area contributed by atoms with E-state index < -0.39 is 0 Å². The quantitative estimate of drug-likeness (QED) is 0.814. The zero-order chi connectivity index (χ0) is 13.9. The van der Waals surface area contributed by atoms with E-state index in [1.807, 2.05) is 24.3 Å². The molecule has 1 aliphatic carbocycles. The van der Waals surface area contributed by atoms with Crippen molar-refractivity contribution in [3.05, 3.63) is 42.0 Å². The van der Waals surface area contributed by atoms with Crippen LogP contribution >= 0.6 is 0 Å². The number of benzene rings is 2. The van der Waals surface area contributed by atoms with Crippen molar-refractivity contribution >= 4 is 16.6 Å². The lowest BCUT2D eigenvalue weighted by Gasteiger charge is -2.24. The molecule has 2 aromatic carbocycles. The summed E-state index contributed by atoms with van der Waals surface area (Å²) >= 11 is 0. The second-order valence-corrected chi connectivity index (χ2v) is 5.72. The lowest BCUT2D eigenvalue weighted by molar-refractivity contribution is -0.119. The van der Waals surface area contributed by atoms with Gasteiger partial charge in [0.05, 0.1) is 7.11 Å². The molecule has 0 radical (unpaired) electrons. The maximum absolute atomic E-state index is 12.2. The highest BCUT2D eigenvalue weighted by Crippen LogP contribution is 2.30. The van der Waals surface area contributed by atoms with Crippen molar-refractivity contribution in [3.8, 4) is 5.75 Å². The standard InChI is InChI=1S/C18H20O2/c1-20-17-9-8-14-6-3-7-15(18(14)12-17)11-16(19)10-13-4-2-5-13/h3,6-9,12-13H,2,4-5,10-11H2,1H3. The molecule has 0 spiro atoms. The van der Waals surface area contributed by atoms with E-state index in [-0.39, 0.29) is 0 Å². The molecule has 2 aromatic rings. The van der Waals surface area contributed by atoms with Gasteiger partial charge in [-0.1, -0.05) is 43.5 Å². The number of Topliss-reactive ketones (excluding diaryl/α,β-unsaturated/α-hetero) is 1. The number of fused-ring (bicyclic) bond motifs is 1. The highest BCUT2D eigenvalue weighted by atomic mass is 16.5. The highest BCUT2D eigenvalue weighted by molar-refractivity contribution is 5.91. The highest BCUT2D eigenvalue weighted by Gasteiger charge is 2.20. The predicted octanol–water partition coefficient (Wildman–Crippen LogP) is 4.15. The molecular weight excluding hydrogens is 248 g/mol. The van der Waals surface area contributed by atoms with Gasteiger partial charge in [-0.15, -0.1) is 0 Å². The zero-order valence-corrected chi connectivity index (χ0v) is 11.9. The fourth-order valence-corrected chi connectivity index (χ4v) is 2.90. The number of carbonyl (C=O) groups is 1. The monoisotopic (exact) mass is 268 g/mol. The van der Waals surface area contributed by atoms with E-state index >= 15 is 0 Å². The van der Waals surface area contributed by atoms with Crippen molar-refractivity contribution < 1.29 is 9.53 Å². The summed E-state index contributed by atoms with van der Waals surface area (Å²) in [5.41, 5.74) is 1.12. The van der Waals surface area contributed by atoms with Crippen LogP contribution in [0.5, 0.6) is 5.75 Å². The van der Waals surface area contributed by atoms with Crippen molar-refractivity contribution in [1.29, 1.82) is 0 Å². The Kier molecular flexibility index (Phi) is 3.72. The van der Waals surface area contributed by atoms with Crippen molar-refractivity contribution in [2.45, 2.75) is 32.1 Å². The van der Waals surface area contributed by atoms with Crippen LogP contribution in [-0.4, -0.2) is 12.9 Å². The summed E-state index contributed by atoms with van der Waals surface area (Å²) in [7, 11) is 1.67. The van der Waals surface area contributed by atoms with Gasteiger partial charge in [0, 0.05) is 12.8 Å². The summed E-state index contributed by atoms with van der Waals surface area (Å²) in [4.78, 5) is 12.2. The van der Waals surface area contributed by atoms with E-state index in [0.717, 1.165) is 23.1 Å². The maximum atomic E-state index is 12.2. The molecule has 2 heteroatoms. The summed E-state index contributed by atoms with van der Waals surface area (Å²) in [6, 6.07) is 12.2. The summed E-state index contributed by atoms with van der Waals surface area (Å²) < 4.78 is 5.29. The summed E-state index contributed by atoms with van der Waals surface area (Å²) in [6.07, 6.45) is 5.05. The molecule has 0 amide bonds. The van der Waals surface area contributed by atoms with Gasteiger partial charge in [-0.05, 0) is 34.4 Å². The topological polar surface area (TPSA) is 26.3 Å². The lowest BCUT2D eigenvalue weighted by Crippen LogP contribution is -2.17. The SMILES string of the molecule is COc1ccc2cccc(CC(=O)CC3CCC3)c2c1. The molecule has 0 saturated heterocycles. The Morgan fingerprint density at radius 1 is 1.25 bits per heavy atom. The molecule has 1 fully saturated rings. The van der Waals surface area contributed by atoms with Gasteiger partial charge in [0.1, 0.15) is 11.5 Å². The molecule has 1 saturated carbocycles. The molecule has 104 valence electrons. The number of hydrogen-bond donors (Lipinski definition) is 0. The van der Waals surface area contributed by atoms with Crippen LogP contribution in [0.25, 0.3) is 10.8 Å². The third-order valence-electron chi connectivity index (χ3n) is 4.31. The molecule has 0 bridgehead atoms. The molecule has 1 aliphatic rings. The first-order chi connectivity index (χ1) is 9.76. The molecule has 0 aromatic heterocycles. The van der Waals surface area contributed by atoms with E-state index in [1.165, 1.54) is 24.6 Å². The second kappa shape index (κ2) is 5.66. The largest absolute Gasteiger partial charge is 0.497 e. The lowest BCUT2D eigenvalue weighted by atomic mass is 9.81. The minimum absolute atomic E-state index is 0.366. The fraction of sp³-hybridized carbons (Fsp3) is 0.389. The van der Waals surface area contributed by atoms with Crippen molar-refractivity contribution in [2.75, 3.05) is 7.11 Å². The van der Waals surface area contributed by atoms with Crippen LogP contribution in [0.4, 0.5) is 0 Å². The van der Waals surface area contributed by atoms with Gasteiger partial charge in [0.25, 0.3) is 0 Å². The number of ether oxygens (including phenoxy) is 1. The first-order valence-electron chi connectivity index (χ1n) is 7.33. The van der Waals surface area contributed by atoms with Gasteiger partial charge >= 0.3 is 0 Å². The van der Waals surface area contributed by atoms with Crippen molar-refractivity contribution in [2.24, 2.45) is 5.92 Å². The fourth-order valence-electron chi connectivity index (χ4n) is 2.90. The van der Waals surface area contributed by atoms with Crippen molar-refractivity contribution in [3.63, 3.8) is 0 Å². The van der Waals surface area contributed by atoms with Crippen LogP contribution in [-0.2, 0) is 11.2 Å². The first-order valence-corrected chi connectivity index (χ1v) is 7.33. The second-order valence-electron chi connectivity index (χ2n) is 5.72.